The molecule has 2 fully saturated rings. The Morgan fingerprint density at radius 2 is 1.79 bits per heavy atom. The van der Waals surface area contributed by atoms with E-state index in [-0.39, 0.29) is 36.5 Å². The lowest BCUT2D eigenvalue weighted by atomic mass is 9.76. The third kappa shape index (κ3) is 4.11. The molecule has 2 aliphatic heterocycles. The highest BCUT2D eigenvalue weighted by atomic mass is 16.6. The molecular weight excluding hydrogens is 368 g/mol. The van der Waals surface area contributed by atoms with Gasteiger partial charge in [0.05, 0.1) is 7.11 Å². The molecule has 29 heavy (non-hydrogen) atoms. The molecule has 2 bridgehead atoms. The van der Waals surface area contributed by atoms with Crippen molar-refractivity contribution in [2.75, 3.05) is 7.11 Å². The van der Waals surface area contributed by atoms with Gasteiger partial charge in [-0.25, -0.2) is 9.78 Å². The van der Waals surface area contributed by atoms with Crippen LogP contribution in [0.4, 0.5) is 4.79 Å². The van der Waals surface area contributed by atoms with E-state index in [4.69, 9.17) is 9.47 Å². The number of carbonyl (C=O) groups is 2. The van der Waals surface area contributed by atoms with Crippen LogP contribution >= 0.6 is 0 Å². The number of pyridine rings is 1. The molecule has 152 valence electrons. The minimum Gasteiger partial charge on any atom is -0.494 e. The second kappa shape index (κ2) is 8.64. The predicted molar refractivity (Wildman–Crippen MR) is 108 cm³/mol. The van der Waals surface area contributed by atoms with Gasteiger partial charge in [-0.15, -0.1) is 0 Å². The summed E-state index contributed by atoms with van der Waals surface area (Å²) in [5.41, 5.74) is 1.36. The lowest BCUT2D eigenvalue weighted by molar-refractivity contribution is 0.00457. The second-order valence-electron chi connectivity index (χ2n) is 7.77. The van der Waals surface area contributed by atoms with Gasteiger partial charge in [0.2, 0.25) is 0 Å². The van der Waals surface area contributed by atoms with Crippen molar-refractivity contribution < 1.29 is 19.1 Å². The Kier molecular flexibility index (Phi) is 5.79. The molecule has 1 amide bonds. The highest BCUT2D eigenvalue weighted by Crippen LogP contribution is 2.39. The average molecular weight is 394 g/mol. The standard InChI is InChI=1S/C23H26N2O4/c1-28-20-11-6-12-24-21(20)22(26)17-13-18-9-5-10-19(14-17)25(18)23(27)29-15-16-7-3-2-4-8-16/h2-4,6-8,11-12,17-19H,5,9-10,13-15H2,1H3. The number of fused-ring (bicyclic) bond motifs is 2. The molecule has 0 spiro atoms. The van der Waals surface area contributed by atoms with Crippen molar-refractivity contribution in [1.82, 2.24) is 9.88 Å². The largest absolute Gasteiger partial charge is 0.494 e. The van der Waals surface area contributed by atoms with Crippen LogP contribution in [0, 0.1) is 5.92 Å². The molecular formula is C23H26N2O4. The van der Waals surface area contributed by atoms with Gasteiger partial charge in [-0.05, 0) is 49.8 Å². The first kappa shape index (κ1) is 19.4. The number of aromatic nitrogens is 1. The fourth-order valence-corrected chi connectivity index (χ4v) is 4.62. The molecule has 2 aromatic rings. The zero-order valence-corrected chi connectivity index (χ0v) is 16.6. The summed E-state index contributed by atoms with van der Waals surface area (Å²) in [5, 5.41) is 0. The number of rotatable bonds is 5. The molecule has 2 atom stereocenters. The van der Waals surface area contributed by atoms with E-state index in [9.17, 15) is 9.59 Å². The number of hydrogen-bond acceptors (Lipinski definition) is 5. The number of Topliss-reactive ketones (excluding diaryl/α,β-unsaturated/α-hetero) is 1. The van der Waals surface area contributed by atoms with E-state index >= 15 is 0 Å². The highest BCUT2D eigenvalue weighted by molar-refractivity contribution is 5.98. The van der Waals surface area contributed by atoms with Crippen molar-refractivity contribution in [3.8, 4) is 5.75 Å². The van der Waals surface area contributed by atoms with E-state index in [0.29, 0.717) is 24.3 Å². The van der Waals surface area contributed by atoms with Gasteiger partial charge in [0.15, 0.2) is 5.78 Å². The second-order valence-corrected chi connectivity index (χ2v) is 7.77. The van der Waals surface area contributed by atoms with Crippen molar-refractivity contribution in [1.29, 1.82) is 0 Å². The normalized spacial score (nSPS) is 23.3. The molecule has 3 heterocycles. The molecule has 4 rings (SSSR count). The summed E-state index contributed by atoms with van der Waals surface area (Å²) in [4.78, 5) is 32.1. The van der Waals surface area contributed by atoms with Crippen molar-refractivity contribution in [3.63, 3.8) is 0 Å². The first-order chi connectivity index (χ1) is 14.2. The Balaban J connectivity index is 1.45. The Labute approximate surface area is 170 Å². The maximum absolute atomic E-state index is 13.1. The number of ether oxygens (including phenoxy) is 2. The zero-order chi connectivity index (χ0) is 20.2. The van der Waals surface area contributed by atoms with Crippen LogP contribution in [0.2, 0.25) is 0 Å². The van der Waals surface area contributed by atoms with Crippen molar-refractivity contribution in [2.24, 2.45) is 5.92 Å². The fraction of sp³-hybridized carbons (Fsp3) is 0.435. The molecule has 6 heteroatoms. The quantitative estimate of drug-likeness (QED) is 0.710. The summed E-state index contributed by atoms with van der Waals surface area (Å²) in [7, 11) is 1.55. The van der Waals surface area contributed by atoms with Gasteiger partial charge in [0, 0.05) is 24.2 Å². The number of methoxy groups -OCH3 is 1. The number of carbonyl (C=O) groups excluding carboxylic acids is 2. The first-order valence-corrected chi connectivity index (χ1v) is 10.2. The first-order valence-electron chi connectivity index (χ1n) is 10.2. The van der Waals surface area contributed by atoms with Gasteiger partial charge in [-0.1, -0.05) is 30.3 Å². The smallest absolute Gasteiger partial charge is 0.410 e. The van der Waals surface area contributed by atoms with Gasteiger partial charge in [0.1, 0.15) is 18.1 Å². The highest BCUT2D eigenvalue weighted by Gasteiger charge is 2.44. The van der Waals surface area contributed by atoms with Crippen LogP contribution in [-0.4, -0.2) is 41.0 Å². The maximum Gasteiger partial charge on any atom is 0.410 e. The van der Waals surface area contributed by atoms with Gasteiger partial charge < -0.3 is 14.4 Å². The molecule has 0 radical (unpaired) electrons. The Morgan fingerprint density at radius 3 is 2.48 bits per heavy atom. The van der Waals surface area contributed by atoms with Gasteiger partial charge in [-0.3, -0.25) is 4.79 Å². The average Bonchev–Trinajstić information content (AvgIpc) is 2.76. The summed E-state index contributed by atoms with van der Waals surface area (Å²) >= 11 is 0. The van der Waals surface area contributed by atoms with Crippen molar-refractivity contribution >= 4 is 11.9 Å². The number of nitrogens with zero attached hydrogens (tertiary/aromatic N) is 2. The third-order valence-corrected chi connectivity index (χ3v) is 5.99. The van der Waals surface area contributed by atoms with E-state index in [0.717, 1.165) is 24.8 Å². The molecule has 0 N–H and O–H groups in total. The fourth-order valence-electron chi connectivity index (χ4n) is 4.62. The van der Waals surface area contributed by atoms with Crippen LogP contribution in [0.1, 0.15) is 48.2 Å². The summed E-state index contributed by atoms with van der Waals surface area (Å²) in [6.07, 6.45) is 5.52. The molecule has 2 aliphatic rings. The summed E-state index contributed by atoms with van der Waals surface area (Å²) < 4.78 is 10.9. The minimum atomic E-state index is -0.273. The predicted octanol–water partition coefficient (Wildman–Crippen LogP) is 4.24. The monoisotopic (exact) mass is 394 g/mol. The topological polar surface area (TPSA) is 68.7 Å². The summed E-state index contributed by atoms with van der Waals surface area (Å²) in [5.74, 6) is 0.372. The Morgan fingerprint density at radius 1 is 1.07 bits per heavy atom. The Hall–Kier alpha value is -2.89. The van der Waals surface area contributed by atoms with Crippen LogP contribution < -0.4 is 4.74 Å². The molecule has 2 unspecified atom stereocenters. The van der Waals surface area contributed by atoms with Gasteiger partial charge in [0.25, 0.3) is 0 Å². The number of ketones is 1. The van der Waals surface area contributed by atoms with E-state index in [2.05, 4.69) is 4.98 Å². The molecule has 1 aromatic carbocycles. The van der Waals surface area contributed by atoms with Crippen LogP contribution in [0.25, 0.3) is 0 Å². The number of hydrogen-bond donors (Lipinski definition) is 0. The van der Waals surface area contributed by atoms with Crippen LogP contribution in [0.3, 0.4) is 0 Å². The molecule has 1 aromatic heterocycles. The van der Waals surface area contributed by atoms with E-state index in [1.807, 2.05) is 35.2 Å². The van der Waals surface area contributed by atoms with Gasteiger partial charge in [-0.2, -0.15) is 0 Å². The SMILES string of the molecule is COc1cccnc1C(=O)C1CC2CCCC(C1)N2C(=O)OCc1ccccc1. The van der Waals surface area contributed by atoms with Gasteiger partial charge >= 0.3 is 6.09 Å². The number of piperidine rings is 2. The minimum absolute atomic E-state index is 0.0108. The van der Waals surface area contributed by atoms with Crippen molar-refractivity contribution in [3.05, 3.63) is 59.9 Å². The van der Waals surface area contributed by atoms with E-state index in [1.165, 1.54) is 0 Å². The number of benzene rings is 1. The summed E-state index contributed by atoms with van der Waals surface area (Å²) in [6, 6.07) is 13.3. The zero-order valence-electron chi connectivity index (χ0n) is 16.6. The molecule has 0 saturated carbocycles. The van der Waals surface area contributed by atoms with Crippen LogP contribution in [0.5, 0.6) is 5.75 Å². The molecule has 2 saturated heterocycles. The van der Waals surface area contributed by atoms with E-state index in [1.54, 1.807) is 25.4 Å². The number of amides is 1. The lowest BCUT2D eigenvalue weighted by Gasteiger charge is -2.47. The molecule has 0 aliphatic carbocycles. The molecule has 6 nitrogen and oxygen atoms in total. The maximum atomic E-state index is 13.1. The van der Waals surface area contributed by atoms with Crippen molar-refractivity contribution in [2.45, 2.75) is 50.8 Å². The van der Waals surface area contributed by atoms with Crippen LogP contribution in [0.15, 0.2) is 48.7 Å². The summed E-state index contributed by atoms with van der Waals surface area (Å²) in [6.45, 7) is 0.267. The van der Waals surface area contributed by atoms with E-state index < -0.39 is 0 Å². The lowest BCUT2D eigenvalue weighted by Crippen LogP contribution is -2.55. The van der Waals surface area contributed by atoms with Crippen LogP contribution in [-0.2, 0) is 11.3 Å². The third-order valence-electron chi connectivity index (χ3n) is 5.99. The Bertz CT molecular complexity index is 856.